The summed E-state index contributed by atoms with van der Waals surface area (Å²) in [6.45, 7) is 0. The number of hydrogen-bond donors (Lipinski definition) is 2. The molecule has 3 N–H and O–H groups in total. The number of hydrogen-bond acceptors (Lipinski definition) is 2. The summed E-state index contributed by atoms with van der Waals surface area (Å²) >= 11 is 14.3. The van der Waals surface area contributed by atoms with Gasteiger partial charge in [-0.1, -0.05) is 36.0 Å². The van der Waals surface area contributed by atoms with Gasteiger partial charge in [-0.25, -0.2) is 4.39 Å². The molecule has 0 radical (unpaired) electrons. The van der Waals surface area contributed by atoms with Gasteiger partial charge >= 0.3 is 0 Å². The molecule has 0 saturated carbocycles. The summed E-state index contributed by atoms with van der Waals surface area (Å²) in [5.41, 5.74) is 7.01. The molecule has 0 aliphatic heterocycles. The number of para-hydroxylation sites is 1. The first-order chi connectivity index (χ1) is 9.00. The fraction of sp³-hybridized carbons (Fsp3) is 0. The van der Waals surface area contributed by atoms with E-state index in [9.17, 15) is 4.39 Å². The second-order valence-corrected chi connectivity index (χ2v) is 5.45. The van der Waals surface area contributed by atoms with E-state index in [1.54, 1.807) is 30.3 Å². The lowest BCUT2D eigenvalue weighted by Gasteiger charge is -2.14. The van der Waals surface area contributed by atoms with Crippen molar-refractivity contribution in [1.29, 1.82) is 0 Å². The van der Waals surface area contributed by atoms with E-state index in [0.29, 0.717) is 26.4 Å². The molecule has 2 rings (SSSR count). The SMILES string of the molecule is NC(=S)c1c(Cl)cccc1Nc1c(F)cccc1Br. The van der Waals surface area contributed by atoms with Crippen LogP contribution in [0, 0.1) is 5.82 Å². The van der Waals surface area contributed by atoms with E-state index in [1.807, 2.05) is 0 Å². The molecule has 0 aliphatic carbocycles. The molecule has 0 bridgehead atoms. The summed E-state index contributed by atoms with van der Waals surface area (Å²) in [5, 5.41) is 3.38. The van der Waals surface area contributed by atoms with E-state index in [2.05, 4.69) is 21.2 Å². The molecule has 0 amide bonds. The number of anilines is 2. The van der Waals surface area contributed by atoms with E-state index in [-0.39, 0.29) is 10.8 Å². The molecule has 2 nitrogen and oxygen atoms in total. The maximum Gasteiger partial charge on any atom is 0.147 e. The third kappa shape index (κ3) is 3.05. The Morgan fingerprint density at radius 3 is 2.58 bits per heavy atom. The van der Waals surface area contributed by atoms with E-state index >= 15 is 0 Å². The quantitative estimate of drug-likeness (QED) is 0.785. The van der Waals surface area contributed by atoms with Crippen LogP contribution in [-0.2, 0) is 0 Å². The maximum atomic E-state index is 13.8. The van der Waals surface area contributed by atoms with Gasteiger partial charge in [0.2, 0.25) is 0 Å². The third-order valence-electron chi connectivity index (χ3n) is 2.48. The topological polar surface area (TPSA) is 38.0 Å². The van der Waals surface area contributed by atoms with Gasteiger partial charge in [-0.15, -0.1) is 0 Å². The van der Waals surface area contributed by atoms with Crippen LogP contribution in [0.15, 0.2) is 40.9 Å². The minimum Gasteiger partial charge on any atom is -0.389 e. The first kappa shape index (κ1) is 14.2. The Bertz CT molecular complexity index is 628. The predicted molar refractivity (Wildman–Crippen MR) is 84.7 cm³/mol. The van der Waals surface area contributed by atoms with Crippen molar-refractivity contribution < 1.29 is 4.39 Å². The first-order valence-electron chi connectivity index (χ1n) is 5.30. The second kappa shape index (κ2) is 5.86. The highest BCUT2D eigenvalue weighted by molar-refractivity contribution is 9.10. The molecule has 0 spiro atoms. The van der Waals surface area contributed by atoms with Crippen LogP contribution in [0.3, 0.4) is 0 Å². The van der Waals surface area contributed by atoms with Crippen LogP contribution in [0.5, 0.6) is 0 Å². The average molecular weight is 360 g/mol. The lowest BCUT2D eigenvalue weighted by molar-refractivity contribution is 0.631. The summed E-state index contributed by atoms with van der Waals surface area (Å²) in [5.74, 6) is -0.386. The standard InChI is InChI=1S/C13H9BrClFN2S/c14-7-3-1-5-9(16)12(7)18-10-6-2-4-8(15)11(10)13(17)19/h1-6,18H,(H2,17,19). The van der Waals surface area contributed by atoms with E-state index < -0.39 is 0 Å². The van der Waals surface area contributed by atoms with Crippen molar-refractivity contribution in [2.24, 2.45) is 5.73 Å². The van der Waals surface area contributed by atoms with Crippen molar-refractivity contribution >= 4 is 56.1 Å². The Kier molecular flexibility index (Phi) is 4.39. The van der Waals surface area contributed by atoms with Crippen molar-refractivity contribution in [2.75, 3.05) is 5.32 Å². The van der Waals surface area contributed by atoms with Crippen LogP contribution < -0.4 is 11.1 Å². The van der Waals surface area contributed by atoms with Crippen LogP contribution in [0.25, 0.3) is 0 Å². The summed E-state index contributed by atoms with van der Waals surface area (Å²) in [6.07, 6.45) is 0. The van der Waals surface area contributed by atoms with Gasteiger partial charge in [0, 0.05) is 4.47 Å². The molecule has 0 heterocycles. The smallest absolute Gasteiger partial charge is 0.147 e. The van der Waals surface area contributed by atoms with Gasteiger partial charge in [0.15, 0.2) is 0 Å². The fourth-order valence-electron chi connectivity index (χ4n) is 1.63. The Balaban J connectivity index is 2.50. The van der Waals surface area contributed by atoms with Crippen LogP contribution in [0.2, 0.25) is 5.02 Å². The van der Waals surface area contributed by atoms with Gasteiger partial charge in [-0.05, 0) is 40.2 Å². The van der Waals surface area contributed by atoms with Crippen LogP contribution >= 0.6 is 39.7 Å². The molecule has 0 saturated heterocycles. The van der Waals surface area contributed by atoms with E-state index in [0.717, 1.165) is 0 Å². The zero-order chi connectivity index (χ0) is 14.0. The highest BCUT2D eigenvalue weighted by Gasteiger charge is 2.13. The zero-order valence-electron chi connectivity index (χ0n) is 9.58. The Labute approximate surface area is 128 Å². The number of thiocarbonyl (C=S) groups is 1. The van der Waals surface area contributed by atoms with Gasteiger partial charge in [0.25, 0.3) is 0 Å². The molecule has 0 fully saturated rings. The number of halogens is 3. The lowest BCUT2D eigenvalue weighted by atomic mass is 10.1. The van der Waals surface area contributed by atoms with Gasteiger partial charge in [0.1, 0.15) is 10.8 Å². The number of nitrogens with one attached hydrogen (secondary N) is 1. The zero-order valence-corrected chi connectivity index (χ0v) is 12.7. The maximum absolute atomic E-state index is 13.8. The van der Waals surface area contributed by atoms with Crippen molar-refractivity contribution in [3.63, 3.8) is 0 Å². The molecule has 98 valence electrons. The molecular weight excluding hydrogens is 351 g/mol. The van der Waals surface area contributed by atoms with Crippen LogP contribution in [0.4, 0.5) is 15.8 Å². The Hall–Kier alpha value is -1.17. The normalized spacial score (nSPS) is 10.3. The molecule has 2 aromatic rings. The molecule has 0 aromatic heterocycles. The average Bonchev–Trinajstić information content (AvgIpc) is 2.33. The van der Waals surface area contributed by atoms with Gasteiger partial charge < -0.3 is 11.1 Å². The predicted octanol–water partition coefficient (Wildman–Crippen LogP) is 4.62. The molecule has 6 heteroatoms. The van der Waals surface area contributed by atoms with Crippen molar-refractivity contribution in [3.05, 3.63) is 57.3 Å². The summed E-state index contributed by atoms with van der Waals surface area (Å²) in [7, 11) is 0. The highest BCUT2D eigenvalue weighted by atomic mass is 79.9. The van der Waals surface area contributed by atoms with E-state index in [1.165, 1.54) is 6.07 Å². The fourth-order valence-corrected chi connectivity index (χ4v) is 2.62. The van der Waals surface area contributed by atoms with Crippen molar-refractivity contribution in [2.45, 2.75) is 0 Å². The van der Waals surface area contributed by atoms with Gasteiger partial charge in [0.05, 0.1) is 22.0 Å². The first-order valence-corrected chi connectivity index (χ1v) is 6.88. The Morgan fingerprint density at radius 2 is 1.95 bits per heavy atom. The second-order valence-electron chi connectivity index (χ2n) is 3.75. The monoisotopic (exact) mass is 358 g/mol. The number of nitrogens with two attached hydrogens (primary N) is 1. The summed E-state index contributed by atoms with van der Waals surface area (Å²) < 4.78 is 14.4. The Morgan fingerprint density at radius 1 is 1.26 bits per heavy atom. The van der Waals surface area contributed by atoms with Gasteiger partial charge in [-0.2, -0.15) is 0 Å². The van der Waals surface area contributed by atoms with Crippen molar-refractivity contribution in [3.8, 4) is 0 Å². The largest absolute Gasteiger partial charge is 0.389 e. The molecule has 0 unspecified atom stereocenters. The molecule has 0 aliphatic rings. The molecule has 0 atom stereocenters. The van der Waals surface area contributed by atoms with Crippen molar-refractivity contribution in [1.82, 2.24) is 0 Å². The number of benzene rings is 2. The molecular formula is C13H9BrClFN2S. The number of rotatable bonds is 3. The molecule has 2 aromatic carbocycles. The van der Waals surface area contributed by atoms with Gasteiger partial charge in [-0.3, -0.25) is 0 Å². The lowest BCUT2D eigenvalue weighted by Crippen LogP contribution is -2.13. The summed E-state index contributed by atoms with van der Waals surface area (Å²) in [4.78, 5) is 0.153. The third-order valence-corrected chi connectivity index (χ3v) is 3.66. The minimum atomic E-state index is -0.386. The molecule has 19 heavy (non-hydrogen) atoms. The van der Waals surface area contributed by atoms with E-state index in [4.69, 9.17) is 29.6 Å². The minimum absolute atomic E-state index is 0.153. The summed E-state index contributed by atoms with van der Waals surface area (Å²) in [6, 6.07) is 9.85. The van der Waals surface area contributed by atoms with Crippen LogP contribution in [-0.4, -0.2) is 4.99 Å². The highest BCUT2D eigenvalue weighted by Crippen LogP contribution is 2.32. The van der Waals surface area contributed by atoms with Crippen LogP contribution in [0.1, 0.15) is 5.56 Å².